The number of nitrogens with zero attached hydrogens (tertiary/aromatic N) is 2. The molecule has 1 aliphatic rings. The zero-order valence-corrected chi connectivity index (χ0v) is 12.3. The van der Waals surface area contributed by atoms with Gasteiger partial charge in [-0.05, 0) is 18.9 Å². The molecule has 0 aromatic heterocycles. The van der Waals surface area contributed by atoms with Gasteiger partial charge in [-0.1, -0.05) is 19.3 Å². The lowest BCUT2D eigenvalue weighted by Gasteiger charge is -2.24. The van der Waals surface area contributed by atoms with Gasteiger partial charge in [0.25, 0.3) is 0 Å². The van der Waals surface area contributed by atoms with Crippen molar-refractivity contribution in [2.45, 2.75) is 37.0 Å². The van der Waals surface area contributed by atoms with Crippen molar-refractivity contribution >= 4 is 15.7 Å². The molecule has 8 heteroatoms. The number of rotatable bonds is 3. The molecule has 2 rings (SSSR count). The van der Waals surface area contributed by atoms with E-state index in [4.69, 9.17) is 0 Å². The Morgan fingerprint density at radius 1 is 1.10 bits per heavy atom. The monoisotopic (exact) mass is 316 g/mol. The topological polar surface area (TPSA) is 80.5 Å². The van der Waals surface area contributed by atoms with Gasteiger partial charge in [0.1, 0.15) is 0 Å². The van der Waals surface area contributed by atoms with E-state index in [-0.39, 0.29) is 4.90 Å². The van der Waals surface area contributed by atoms with Gasteiger partial charge in [0, 0.05) is 25.2 Å². The van der Waals surface area contributed by atoms with Gasteiger partial charge in [0.15, 0.2) is 0 Å². The fourth-order valence-electron chi connectivity index (χ4n) is 2.40. The summed E-state index contributed by atoms with van der Waals surface area (Å²) in [5.74, 6) is -1.13. The lowest BCUT2D eigenvalue weighted by Crippen LogP contribution is -2.33. The predicted octanol–water partition coefficient (Wildman–Crippen LogP) is 2.69. The maximum atomic E-state index is 13.6. The number of nitro benzene ring substituents is 1. The van der Waals surface area contributed by atoms with E-state index in [0.29, 0.717) is 13.1 Å². The molecule has 1 aliphatic heterocycles. The molecule has 0 saturated carbocycles. The Morgan fingerprint density at radius 2 is 1.67 bits per heavy atom. The summed E-state index contributed by atoms with van der Waals surface area (Å²) < 4.78 is 39.9. The molecule has 1 heterocycles. The Bertz CT molecular complexity index is 625. The third-order valence-electron chi connectivity index (χ3n) is 3.57. The summed E-state index contributed by atoms with van der Waals surface area (Å²) in [7, 11) is -3.80. The average molecular weight is 316 g/mol. The number of benzene rings is 1. The molecule has 21 heavy (non-hydrogen) atoms. The number of sulfonamides is 1. The third kappa shape index (κ3) is 3.56. The first-order valence-corrected chi connectivity index (χ1v) is 8.31. The molecule has 116 valence electrons. The first-order chi connectivity index (χ1) is 9.93. The molecule has 0 bridgehead atoms. The van der Waals surface area contributed by atoms with E-state index in [1.54, 1.807) is 0 Å². The highest BCUT2D eigenvalue weighted by molar-refractivity contribution is 7.89. The number of hydrogen-bond acceptors (Lipinski definition) is 4. The van der Waals surface area contributed by atoms with Crippen molar-refractivity contribution in [1.82, 2.24) is 4.31 Å². The van der Waals surface area contributed by atoms with Crippen LogP contribution < -0.4 is 0 Å². The average Bonchev–Trinajstić information content (AvgIpc) is 2.37. The van der Waals surface area contributed by atoms with E-state index >= 15 is 0 Å². The van der Waals surface area contributed by atoms with Gasteiger partial charge in [-0.3, -0.25) is 10.1 Å². The van der Waals surface area contributed by atoms with Crippen LogP contribution in [0.5, 0.6) is 0 Å². The van der Waals surface area contributed by atoms with Gasteiger partial charge in [0.2, 0.25) is 15.8 Å². The molecular formula is C13H17FN2O4S. The summed E-state index contributed by atoms with van der Waals surface area (Å²) in [5.41, 5.74) is -0.721. The largest absolute Gasteiger partial charge is 0.304 e. The van der Waals surface area contributed by atoms with Gasteiger partial charge in [-0.2, -0.15) is 8.70 Å². The summed E-state index contributed by atoms with van der Waals surface area (Å²) in [5, 5.41) is 10.6. The van der Waals surface area contributed by atoms with Crippen molar-refractivity contribution in [2.75, 3.05) is 13.1 Å². The predicted molar refractivity (Wildman–Crippen MR) is 74.9 cm³/mol. The minimum Gasteiger partial charge on any atom is -0.258 e. The Balaban J connectivity index is 2.29. The Labute approximate surface area is 122 Å². The van der Waals surface area contributed by atoms with Crippen molar-refractivity contribution in [3.8, 4) is 0 Å². The van der Waals surface area contributed by atoms with Crippen molar-refractivity contribution in [2.24, 2.45) is 0 Å². The van der Waals surface area contributed by atoms with Gasteiger partial charge < -0.3 is 0 Å². The minimum atomic E-state index is -3.80. The van der Waals surface area contributed by atoms with Gasteiger partial charge in [-0.15, -0.1) is 0 Å². The number of hydrogen-bond donors (Lipinski definition) is 0. The summed E-state index contributed by atoms with van der Waals surface area (Å²) in [4.78, 5) is 9.47. The maximum Gasteiger partial charge on any atom is 0.304 e. The van der Waals surface area contributed by atoms with Crippen LogP contribution in [0.3, 0.4) is 0 Å². The fourth-order valence-corrected chi connectivity index (χ4v) is 3.93. The molecule has 1 aromatic carbocycles. The zero-order valence-electron chi connectivity index (χ0n) is 11.5. The Hall–Kier alpha value is -1.54. The zero-order chi connectivity index (χ0) is 15.5. The van der Waals surface area contributed by atoms with Crippen LogP contribution in [0.1, 0.15) is 32.1 Å². The normalized spacial score (nSPS) is 18.0. The van der Waals surface area contributed by atoms with Crippen LogP contribution >= 0.6 is 0 Å². The summed E-state index contributed by atoms with van der Waals surface area (Å²) >= 11 is 0. The van der Waals surface area contributed by atoms with E-state index in [9.17, 15) is 22.9 Å². The van der Waals surface area contributed by atoms with Crippen LogP contribution in [0.25, 0.3) is 0 Å². The second-order valence-corrected chi connectivity index (χ2v) is 6.98. The molecule has 0 spiro atoms. The summed E-state index contributed by atoms with van der Waals surface area (Å²) in [6, 6.07) is 2.72. The smallest absolute Gasteiger partial charge is 0.258 e. The molecular weight excluding hydrogens is 299 g/mol. The molecule has 0 N–H and O–H groups in total. The highest BCUT2D eigenvalue weighted by atomic mass is 32.2. The molecule has 1 aromatic rings. The Morgan fingerprint density at radius 3 is 2.19 bits per heavy atom. The van der Waals surface area contributed by atoms with E-state index in [1.165, 1.54) is 4.31 Å². The first kappa shape index (κ1) is 15.8. The van der Waals surface area contributed by atoms with Crippen molar-refractivity contribution in [1.29, 1.82) is 0 Å². The quantitative estimate of drug-likeness (QED) is 0.634. The lowest BCUT2D eigenvalue weighted by molar-refractivity contribution is -0.387. The summed E-state index contributed by atoms with van der Waals surface area (Å²) in [6.07, 6.45) is 4.59. The van der Waals surface area contributed by atoms with Gasteiger partial charge in [-0.25, -0.2) is 8.42 Å². The second-order valence-electron chi connectivity index (χ2n) is 5.04. The fraction of sp³-hybridized carbons (Fsp3) is 0.538. The highest BCUT2D eigenvalue weighted by Gasteiger charge is 2.27. The van der Waals surface area contributed by atoms with E-state index in [1.807, 2.05) is 0 Å². The van der Waals surface area contributed by atoms with Crippen LogP contribution in [0.15, 0.2) is 23.1 Å². The first-order valence-electron chi connectivity index (χ1n) is 6.87. The van der Waals surface area contributed by atoms with Crippen LogP contribution in [0, 0.1) is 15.9 Å². The number of halogens is 1. The molecule has 0 aliphatic carbocycles. The van der Waals surface area contributed by atoms with Crippen LogP contribution in [-0.2, 0) is 10.0 Å². The van der Waals surface area contributed by atoms with Crippen LogP contribution in [0.2, 0.25) is 0 Å². The maximum absolute atomic E-state index is 13.6. The summed E-state index contributed by atoms with van der Waals surface area (Å²) in [6.45, 7) is 0.807. The molecule has 6 nitrogen and oxygen atoms in total. The van der Waals surface area contributed by atoms with Crippen molar-refractivity contribution in [3.63, 3.8) is 0 Å². The lowest BCUT2D eigenvalue weighted by atomic mass is 10.1. The molecule has 1 fully saturated rings. The van der Waals surface area contributed by atoms with Crippen molar-refractivity contribution < 1.29 is 17.7 Å². The van der Waals surface area contributed by atoms with E-state index in [2.05, 4.69) is 0 Å². The minimum absolute atomic E-state index is 0.230. The van der Waals surface area contributed by atoms with Gasteiger partial charge >= 0.3 is 5.69 Å². The van der Waals surface area contributed by atoms with Gasteiger partial charge in [0.05, 0.1) is 9.82 Å². The molecule has 0 amide bonds. The van der Waals surface area contributed by atoms with Crippen molar-refractivity contribution in [3.05, 3.63) is 34.1 Å². The standard InChI is InChI=1S/C13H17FN2O4S/c14-12-10-11(6-7-13(12)16(17)18)21(19,20)15-8-4-2-1-3-5-9-15/h6-7,10H,1-5,8-9H2. The van der Waals surface area contributed by atoms with Crippen LogP contribution in [0.4, 0.5) is 10.1 Å². The van der Waals surface area contributed by atoms with E-state index in [0.717, 1.165) is 50.3 Å². The SMILES string of the molecule is O=[N+]([O-])c1ccc(S(=O)(=O)N2CCCCCCC2)cc1F. The molecule has 0 unspecified atom stereocenters. The third-order valence-corrected chi connectivity index (χ3v) is 5.46. The highest BCUT2D eigenvalue weighted by Crippen LogP contribution is 2.24. The second kappa shape index (κ2) is 6.48. The van der Waals surface area contributed by atoms with Crippen LogP contribution in [-0.4, -0.2) is 30.7 Å². The number of nitro groups is 1. The molecule has 0 atom stereocenters. The molecule has 0 radical (unpaired) electrons. The Kier molecular flexibility index (Phi) is 4.89. The molecule has 1 saturated heterocycles. The van der Waals surface area contributed by atoms with E-state index < -0.39 is 26.5 Å².